The minimum Gasteiger partial charge on any atom is -0.349 e. The number of amides is 1. The zero-order valence-corrected chi connectivity index (χ0v) is 13.1. The third-order valence-corrected chi connectivity index (χ3v) is 3.84. The van der Waals surface area contributed by atoms with E-state index in [4.69, 9.17) is 0 Å². The Labute approximate surface area is 124 Å². The normalized spacial score (nSPS) is 15.4. The van der Waals surface area contributed by atoms with Crippen LogP contribution < -0.4 is 5.32 Å². The predicted octanol–water partition coefficient (Wildman–Crippen LogP) is 2.48. The number of carbonyl (C=O) groups is 1. The topological polar surface area (TPSA) is 59.3 Å². The van der Waals surface area contributed by atoms with Gasteiger partial charge in [0.05, 0.1) is 17.0 Å². The molecule has 1 N–H and O–H groups in total. The van der Waals surface area contributed by atoms with E-state index in [1.165, 1.54) is 0 Å². The molecule has 1 amide bonds. The van der Waals surface area contributed by atoms with Crippen LogP contribution in [0.2, 0.25) is 0 Å². The number of carbonyl (C=O) groups excluding carboxylic acids is 1. The van der Waals surface area contributed by atoms with Crippen LogP contribution >= 0.6 is 0 Å². The molecule has 21 heavy (non-hydrogen) atoms. The van der Waals surface area contributed by atoms with Crippen LogP contribution in [-0.4, -0.2) is 26.5 Å². The summed E-state index contributed by atoms with van der Waals surface area (Å²) in [4.78, 5) is 16.7. The van der Waals surface area contributed by atoms with Gasteiger partial charge in [-0.25, -0.2) is 9.50 Å². The SMILES string of the molecule is CCc1c(C(=O)NC2CC2)cnc2cc(C(C)(C)C)nn12. The number of rotatable bonds is 3. The highest BCUT2D eigenvalue weighted by molar-refractivity contribution is 5.95. The molecule has 3 rings (SSSR count). The Morgan fingerprint density at radius 2 is 2.14 bits per heavy atom. The predicted molar refractivity (Wildman–Crippen MR) is 81.6 cm³/mol. The van der Waals surface area contributed by atoms with Crippen molar-refractivity contribution in [2.24, 2.45) is 0 Å². The summed E-state index contributed by atoms with van der Waals surface area (Å²) in [7, 11) is 0. The first-order valence-electron chi connectivity index (χ1n) is 7.59. The number of aromatic nitrogens is 3. The van der Waals surface area contributed by atoms with Crippen LogP contribution in [0.5, 0.6) is 0 Å². The Kier molecular flexibility index (Phi) is 3.23. The molecule has 0 atom stereocenters. The number of nitrogens with zero attached hydrogens (tertiary/aromatic N) is 3. The molecule has 0 spiro atoms. The Hall–Kier alpha value is -1.91. The fourth-order valence-electron chi connectivity index (χ4n) is 2.37. The molecule has 5 nitrogen and oxygen atoms in total. The first-order valence-corrected chi connectivity index (χ1v) is 7.59. The summed E-state index contributed by atoms with van der Waals surface area (Å²) in [6.07, 6.45) is 4.59. The van der Waals surface area contributed by atoms with E-state index >= 15 is 0 Å². The first-order chi connectivity index (χ1) is 9.90. The fourth-order valence-corrected chi connectivity index (χ4v) is 2.37. The molecule has 1 fully saturated rings. The van der Waals surface area contributed by atoms with Crippen molar-refractivity contribution in [1.29, 1.82) is 0 Å². The molecule has 112 valence electrons. The zero-order chi connectivity index (χ0) is 15.2. The largest absolute Gasteiger partial charge is 0.349 e. The highest BCUT2D eigenvalue weighted by atomic mass is 16.1. The molecule has 0 saturated heterocycles. The number of aryl methyl sites for hydroxylation is 1. The zero-order valence-electron chi connectivity index (χ0n) is 13.1. The van der Waals surface area contributed by atoms with Gasteiger partial charge in [-0.2, -0.15) is 5.10 Å². The molecular weight excluding hydrogens is 264 g/mol. The lowest BCUT2D eigenvalue weighted by molar-refractivity contribution is 0.0949. The summed E-state index contributed by atoms with van der Waals surface area (Å²) in [5, 5.41) is 7.69. The van der Waals surface area contributed by atoms with Gasteiger partial charge in [0.2, 0.25) is 0 Å². The van der Waals surface area contributed by atoms with E-state index in [1.54, 1.807) is 6.20 Å². The van der Waals surface area contributed by atoms with Gasteiger partial charge < -0.3 is 5.32 Å². The summed E-state index contributed by atoms with van der Waals surface area (Å²) < 4.78 is 1.82. The molecule has 5 heteroatoms. The Balaban J connectivity index is 2.07. The van der Waals surface area contributed by atoms with Gasteiger partial charge in [-0.3, -0.25) is 4.79 Å². The molecule has 1 saturated carbocycles. The van der Waals surface area contributed by atoms with Crippen LogP contribution in [-0.2, 0) is 11.8 Å². The van der Waals surface area contributed by atoms with Crippen molar-refractivity contribution in [1.82, 2.24) is 19.9 Å². The minimum atomic E-state index is -0.0326. The highest BCUT2D eigenvalue weighted by Gasteiger charge is 2.26. The lowest BCUT2D eigenvalue weighted by Crippen LogP contribution is -2.27. The van der Waals surface area contributed by atoms with Crippen LogP contribution in [0.1, 0.15) is 62.3 Å². The van der Waals surface area contributed by atoms with Gasteiger partial charge in [-0.1, -0.05) is 27.7 Å². The van der Waals surface area contributed by atoms with Gasteiger partial charge in [0.15, 0.2) is 5.65 Å². The van der Waals surface area contributed by atoms with Gasteiger partial charge >= 0.3 is 0 Å². The second-order valence-corrected chi connectivity index (χ2v) is 6.77. The van der Waals surface area contributed by atoms with E-state index in [2.05, 4.69) is 36.2 Å². The maximum Gasteiger partial charge on any atom is 0.254 e. The quantitative estimate of drug-likeness (QED) is 0.943. The van der Waals surface area contributed by atoms with E-state index < -0.39 is 0 Å². The second-order valence-electron chi connectivity index (χ2n) is 6.77. The van der Waals surface area contributed by atoms with Gasteiger partial charge in [0, 0.05) is 23.7 Å². The molecule has 1 aliphatic rings. The standard InChI is InChI=1S/C16H22N4O/c1-5-12-11(15(21)18-10-6-7-10)9-17-14-8-13(16(2,3)4)19-20(12)14/h8-10H,5-7H2,1-4H3,(H,18,21). The van der Waals surface area contributed by atoms with Crippen molar-refractivity contribution in [3.05, 3.63) is 29.2 Å². The van der Waals surface area contributed by atoms with Crippen molar-refractivity contribution >= 4 is 11.6 Å². The molecule has 0 aliphatic heterocycles. The third-order valence-electron chi connectivity index (χ3n) is 3.84. The lowest BCUT2D eigenvalue weighted by Gasteiger charge is -2.14. The maximum absolute atomic E-state index is 12.3. The van der Waals surface area contributed by atoms with E-state index in [9.17, 15) is 4.79 Å². The molecule has 0 bridgehead atoms. The molecule has 2 aromatic heterocycles. The van der Waals surface area contributed by atoms with E-state index in [1.807, 2.05) is 17.5 Å². The van der Waals surface area contributed by atoms with Crippen molar-refractivity contribution < 1.29 is 4.79 Å². The summed E-state index contributed by atoms with van der Waals surface area (Å²) in [5.74, 6) is -0.0310. The van der Waals surface area contributed by atoms with Crippen LogP contribution in [0, 0.1) is 0 Å². The van der Waals surface area contributed by atoms with Crippen molar-refractivity contribution in [3.63, 3.8) is 0 Å². The van der Waals surface area contributed by atoms with Crippen molar-refractivity contribution in [3.8, 4) is 0 Å². The summed E-state index contributed by atoms with van der Waals surface area (Å²) in [6.45, 7) is 8.42. The summed E-state index contributed by atoms with van der Waals surface area (Å²) in [5.41, 5.74) is 3.33. The van der Waals surface area contributed by atoms with Crippen LogP contribution in [0.25, 0.3) is 5.65 Å². The monoisotopic (exact) mass is 286 g/mol. The molecule has 1 aliphatic carbocycles. The Bertz CT molecular complexity index is 692. The molecule has 0 radical (unpaired) electrons. The molecule has 2 aromatic rings. The number of hydrogen-bond acceptors (Lipinski definition) is 3. The van der Waals surface area contributed by atoms with Crippen molar-refractivity contribution in [2.75, 3.05) is 0 Å². The third kappa shape index (κ3) is 2.64. The summed E-state index contributed by atoms with van der Waals surface area (Å²) >= 11 is 0. The van der Waals surface area contributed by atoms with E-state index in [0.29, 0.717) is 11.6 Å². The van der Waals surface area contributed by atoms with Crippen LogP contribution in [0.15, 0.2) is 12.3 Å². The first kappa shape index (κ1) is 14.0. The van der Waals surface area contributed by atoms with E-state index in [0.717, 1.165) is 36.3 Å². The second kappa shape index (κ2) is 4.83. The molecule has 0 unspecified atom stereocenters. The van der Waals surface area contributed by atoms with Gasteiger partial charge in [-0.15, -0.1) is 0 Å². The van der Waals surface area contributed by atoms with E-state index in [-0.39, 0.29) is 11.3 Å². The van der Waals surface area contributed by atoms with Gasteiger partial charge in [-0.05, 0) is 19.3 Å². The summed E-state index contributed by atoms with van der Waals surface area (Å²) in [6, 6.07) is 2.35. The van der Waals surface area contributed by atoms with Gasteiger partial charge in [0.1, 0.15) is 0 Å². The minimum absolute atomic E-state index is 0.0310. The van der Waals surface area contributed by atoms with Crippen LogP contribution in [0.4, 0.5) is 0 Å². The Morgan fingerprint density at radius 1 is 1.43 bits per heavy atom. The fraction of sp³-hybridized carbons (Fsp3) is 0.562. The van der Waals surface area contributed by atoms with Crippen LogP contribution in [0.3, 0.4) is 0 Å². The highest BCUT2D eigenvalue weighted by Crippen LogP contribution is 2.24. The Morgan fingerprint density at radius 3 is 2.71 bits per heavy atom. The average Bonchev–Trinajstić information content (AvgIpc) is 3.10. The molecular formula is C16H22N4O. The number of hydrogen-bond donors (Lipinski definition) is 1. The van der Waals surface area contributed by atoms with Crippen molar-refractivity contribution in [2.45, 2.75) is 58.4 Å². The molecule has 2 heterocycles. The number of fused-ring (bicyclic) bond motifs is 1. The molecule has 0 aromatic carbocycles. The lowest BCUT2D eigenvalue weighted by atomic mass is 9.93. The van der Waals surface area contributed by atoms with Gasteiger partial charge in [0.25, 0.3) is 5.91 Å². The smallest absolute Gasteiger partial charge is 0.254 e. The number of nitrogens with one attached hydrogen (secondary N) is 1. The maximum atomic E-state index is 12.3. The average molecular weight is 286 g/mol.